The number of hydrogen-bond acceptors (Lipinski definition) is 5. The summed E-state index contributed by atoms with van der Waals surface area (Å²) in [6.45, 7) is 3.89. The lowest BCUT2D eigenvalue weighted by atomic mass is 10.1. The number of nitrogens with zero attached hydrogens (tertiary/aromatic N) is 4. The number of likely N-dealkylation sites (tertiary alicyclic amines) is 1. The zero-order valence-electron chi connectivity index (χ0n) is 10.6. The van der Waals surface area contributed by atoms with Crippen LogP contribution in [-0.4, -0.2) is 48.6 Å². The highest BCUT2D eigenvalue weighted by molar-refractivity contribution is 5.28. The summed E-state index contributed by atoms with van der Waals surface area (Å²) in [5, 5.41) is 0. The van der Waals surface area contributed by atoms with Crippen LogP contribution in [0.2, 0.25) is 0 Å². The molecule has 0 radical (unpaired) electrons. The molecule has 1 aromatic heterocycles. The summed E-state index contributed by atoms with van der Waals surface area (Å²) >= 11 is 0. The van der Waals surface area contributed by atoms with E-state index < -0.39 is 0 Å². The lowest BCUT2D eigenvalue weighted by molar-refractivity contribution is 0.395. The number of hydrogen-bond donors (Lipinski definition) is 1. The first-order valence-electron chi connectivity index (χ1n) is 6.09. The lowest BCUT2D eigenvalue weighted by Gasteiger charge is -2.21. The van der Waals surface area contributed by atoms with Gasteiger partial charge in [0.25, 0.3) is 0 Å². The quantitative estimate of drug-likeness (QED) is 0.814. The summed E-state index contributed by atoms with van der Waals surface area (Å²) in [4.78, 5) is 13.2. The maximum Gasteiger partial charge on any atom is 0.225 e. The van der Waals surface area contributed by atoms with Crippen LogP contribution in [0.5, 0.6) is 0 Å². The normalized spacial score (nSPS) is 20.8. The van der Waals surface area contributed by atoms with E-state index in [0.29, 0.717) is 6.54 Å². The predicted octanol–water partition coefficient (Wildman–Crippen LogP) is 0.323. The Hall–Kier alpha value is -1.20. The first-order valence-corrected chi connectivity index (χ1v) is 6.09. The van der Waals surface area contributed by atoms with Crippen LogP contribution in [0, 0.1) is 5.92 Å². The summed E-state index contributed by atoms with van der Waals surface area (Å²) in [6, 6.07) is 0. The van der Waals surface area contributed by atoms with E-state index in [2.05, 4.69) is 33.9 Å². The van der Waals surface area contributed by atoms with Gasteiger partial charge in [-0.3, -0.25) is 0 Å². The number of aromatic nitrogens is 2. The van der Waals surface area contributed by atoms with Crippen molar-refractivity contribution in [3.05, 3.63) is 18.0 Å². The van der Waals surface area contributed by atoms with Gasteiger partial charge in [-0.1, -0.05) is 0 Å². The zero-order valence-corrected chi connectivity index (χ0v) is 10.6. The summed E-state index contributed by atoms with van der Waals surface area (Å²) < 4.78 is 0. The molecule has 5 heteroatoms. The molecule has 1 fully saturated rings. The minimum atomic E-state index is 0.497. The highest BCUT2D eigenvalue weighted by Gasteiger charge is 2.21. The molecule has 1 atom stereocenters. The summed E-state index contributed by atoms with van der Waals surface area (Å²) in [7, 11) is 4.22. The number of nitrogens with two attached hydrogens (primary N) is 1. The molecule has 1 aromatic rings. The van der Waals surface area contributed by atoms with Gasteiger partial charge in [0.15, 0.2) is 0 Å². The second kappa shape index (κ2) is 5.42. The summed E-state index contributed by atoms with van der Waals surface area (Å²) in [5.74, 6) is 1.51. The molecule has 17 heavy (non-hydrogen) atoms. The van der Waals surface area contributed by atoms with Crippen molar-refractivity contribution in [1.29, 1.82) is 0 Å². The minimum absolute atomic E-state index is 0.497. The van der Waals surface area contributed by atoms with Crippen molar-refractivity contribution in [2.45, 2.75) is 13.0 Å². The van der Waals surface area contributed by atoms with Crippen molar-refractivity contribution in [1.82, 2.24) is 14.9 Å². The largest absolute Gasteiger partial charge is 0.344 e. The molecule has 0 spiro atoms. The molecule has 1 unspecified atom stereocenters. The average molecular weight is 235 g/mol. The Bertz CT molecular complexity index is 350. The Balaban J connectivity index is 1.92. The topological polar surface area (TPSA) is 58.3 Å². The molecule has 2 rings (SSSR count). The van der Waals surface area contributed by atoms with E-state index in [-0.39, 0.29) is 0 Å². The van der Waals surface area contributed by atoms with Crippen molar-refractivity contribution in [3.63, 3.8) is 0 Å². The van der Waals surface area contributed by atoms with Gasteiger partial charge in [0.1, 0.15) is 0 Å². The molecular formula is C12H21N5. The number of anilines is 1. The van der Waals surface area contributed by atoms with Gasteiger partial charge >= 0.3 is 0 Å². The predicted molar refractivity (Wildman–Crippen MR) is 68.8 cm³/mol. The van der Waals surface area contributed by atoms with Crippen LogP contribution in [-0.2, 0) is 6.54 Å². The van der Waals surface area contributed by atoms with Crippen molar-refractivity contribution in [2.75, 3.05) is 38.6 Å². The van der Waals surface area contributed by atoms with Crippen molar-refractivity contribution in [3.8, 4) is 0 Å². The van der Waals surface area contributed by atoms with E-state index in [0.717, 1.165) is 24.0 Å². The lowest BCUT2D eigenvalue weighted by Crippen LogP contribution is -2.28. The fraction of sp³-hybridized carbons (Fsp3) is 0.667. The third kappa shape index (κ3) is 3.14. The van der Waals surface area contributed by atoms with Crippen LogP contribution in [0.1, 0.15) is 12.0 Å². The Labute approximate surface area is 103 Å². The maximum absolute atomic E-state index is 5.52. The zero-order chi connectivity index (χ0) is 12.3. The van der Waals surface area contributed by atoms with Crippen molar-refractivity contribution >= 4 is 5.95 Å². The second-order valence-corrected chi connectivity index (χ2v) is 4.89. The summed E-state index contributed by atoms with van der Waals surface area (Å²) in [5.41, 5.74) is 6.50. The standard InChI is InChI=1S/C12H21N5/c1-16-4-3-10(8-16)9-17(2)12-14-6-11(5-13)7-15-12/h6-7,10H,3-5,8-9,13H2,1-2H3. The third-order valence-electron chi connectivity index (χ3n) is 3.29. The van der Waals surface area contributed by atoms with Crippen LogP contribution in [0.15, 0.2) is 12.4 Å². The molecule has 0 saturated carbocycles. The summed E-state index contributed by atoms with van der Waals surface area (Å²) in [6.07, 6.45) is 4.88. The van der Waals surface area contributed by atoms with Crippen LogP contribution < -0.4 is 10.6 Å². The highest BCUT2D eigenvalue weighted by Crippen LogP contribution is 2.17. The fourth-order valence-corrected chi connectivity index (χ4v) is 2.29. The van der Waals surface area contributed by atoms with E-state index in [4.69, 9.17) is 5.73 Å². The van der Waals surface area contributed by atoms with Crippen molar-refractivity contribution in [2.24, 2.45) is 11.7 Å². The minimum Gasteiger partial charge on any atom is -0.344 e. The first-order chi connectivity index (χ1) is 8.19. The number of rotatable bonds is 4. The Kier molecular flexibility index (Phi) is 3.91. The van der Waals surface area contributed by atoms with Gasteiger partial charge in [0.2, 0.25) is 5.95 Å². The van der Waals surface area contributed by atoms with Crippen molar-refractivity contribution < 1.29 is 0 Å². The molecule has 94 valence electrons. The molecule has 0 aromatic carbocycles. The van der Waals surface area contributed by atoms with Crippen LogP contribution >= 0.6 is 0 Å². The molecule has 1 saturated heterocycles. The Morgan fingerprint density at radius 1 is 1.47 bits per heavy atom. The maximum atomic E-state index is 5.52. The van der Waals surface area contributed by atoms with E-state index in [9.17, 15) is 0 Å². The van der Waals surface area contributed by atoms with Gasteiger partial charge in [0, 0.05) is 44.6 Å². The second-order valence-electron chi connectivity index (χ2n) is 4.89. The van der Waals surface area contributed by atoms with Gasteiger partial charge in [-0.05, 0) is 25.9 Å². The van der Waals surface area contributed by atoms with E-state index in [1.165, 1.54) is 19.5 Å². The molecule has 2 N–H and O–H groups in total. The van der Waals surface area contributed by atoms with Gasteiger partial charge in [-0.25, -0.2) is 9.97 Å². The van der Waals surface area contributed by atoms with E-state index in [1.54, 1.807) is 12.4 Å². The van der Waals surface area contributed by atoms with Crippen LogP contribution in [0.3, 0.4) is 0 Å². The van der Waals surface area contributed by atoms with Gasteiger partial charge in [-0.2, -0.15) is 0 Å². The van der Waals surface area contributed by atoms with Gasteiger partial charge < -0.3 is 15.5 Å². The Morgan fingerprint density at radius 2 is 2.18 bits per heavy atom. The molecule has 5 nitrogen and oxygen atoms in total. The Morgan fingerprint density at radius 3 is 2.71 bits per heavy atom. The molecule has 2 heterocycles. The van der Waals surface area contributed by atoms with E-state index in [1.807, 2.05) is 0 Å². The van der Waals surface area contributed by atoms with Gasteiger partial charge in [-0.15, -0.1) is 0 Å². The SMILES string of the molecule is CN1CCC(CN(C)c2ncc(CN)cn2)C1. The van der Waals surface area contributed by atoms with Crippen LogP contribution in [0.4, 0.5) is 5.95 Å². The molecule has 1 aliphatic rings. The first kappa shape index (κ1) is 12.3. The fourth-order valence-electron chi connectivity index (χ4n) is 2.29. The van der Waals surface area contributed by atoms with E-state index >= 15 is 0 Å². The smallest absolute Gasteiger partial charge is 0.225 e. The molecule has 0 aliphatic carbocycles. The molecule has 1 aliphatic heterocycles. The molecule has 0 amide bonds. The van der Waals surface area contributed by atoms with Crippen LogP contribution in [0.25, 0.3) is 0 Å². The molecule has 0 bridgehead atoms. The van der Waals surface area contributed by atoms with Gasteiger partial charge in [0.05, 0.1) is 0 Å². The highest BCUT2D eigenvalue weighted by atomic mass is 15.2. The monoisotopic (exact) mass is 235 g/mol. The molecular weight excluding hydrogens is 214 g/mol. The third-order valence-corrected chi connectivity index (χ3v) is 3.29. The average Bonchev–Trinajstić information content (AvgIpc) is 2.75.